The van der Waals surface area contributed by atoms with Crippen LogP contribution in [0, 0.1) is 6.92 Å². The molecule has 174 valence electrons. The molecule has 9 heteroatoms. The number of aryl methyl sites for hydroxylation is 1. The summed E-state index contributed by atoms with van der Waals surface area (Å²) in [4.78, 5) is 53.1. The van der Waals surface area contributed by atoms with Gasteiger partial charge in [0.05, 0.1) is 18.7 Å². The standard InChI is InChI=1S/C24H26N2O7/c1-15-7-5-6-8-19(15)23(29)25(14-22(31-3)32-4)20-13-21(28)26(24(20)30)17-9-11-18(12-10-17)33-16(2)27/h5-12,20,22H,13-14H2,1-4H3. The first-order valence-electron chi connectivity index (χ1n) is 10.3. The Balaban J connectivity index is 1.91. The lowest BCUT2D eigenvalue weighted by Crippen LogP contribution is -2.49. The molecule has 33 heavy (non-hydrogen) atoms. The first-order valence-corrected chi connectivity index (χ1v) is 10.3. The van der Waals surface area contributed by atoms with Crippen LogP contribution in [-0.2, 0) is 23.9 Å². The van der Waals surface area contributed by atoms with E-state index in [0.29, 0.717) is 17.0 Å². The van der Waals surface area contributed by atoms with Gasteiger partial charge in [-0.05, 0) is 42.8 Å². The van der Waals surface area contributed by atoms with E-state index >= 15 is 0 Å². The smallest absolute Gasteiger partial charge is 0.308 e. The summed E-state index contributed by atoms with van der Waals surface area (Å²) < 4.78 is 15.5. The van der Waals surface area contributed by atoms with Crippen LogP contribution in [0.25, 0.3) is 0 Å². The molecule has 1 unspecified atom stereocenters. The number of hydrogen-bond donors (Lipinski definition) is 0. The Morgan fingerprint density at radius 1 is 1.06 bits per heavy atom. The lowest BCUT2D eigenvalue weighted by atomic mass is 10.1. The van der Waals surface area contributed by atoms with Crippen molar-refractivity contribution >= 4 is 29.4 Å². The zero-order valence-electron chi connectivity index (χ0n) is 18.9. The van der Waals surface area contributed by atoms with Gasteiger partial charge in [-0.3, -0.25) is 19.2 Å². The molecule has 1 aliphatic heterocycles. The number of amides is 3. The Hall–Kier alpha value is -3.56. The molecule has 0 spiro atoms. The highest BCUT2D eigenvalue weighted by molar-refractivity contribution is 6.23. The fourth-order valence-electron chi connectivity index (χ4n) is 3.69. The normalized spacial score (nSPS) is 15.8. The maximum absolute atomic E-state index is 13.4. The number of rotatable bonds is 8. The van der Waals surface area contributed by atoms with Crippen LogP contribution >= 0.6 is 0 Å². The Kier molecular flexibility index (Phi) is 7.57. The van der Waals surface area contributed by atoms with Crippen LogP contribution in [0.1, 0.15) is 29.3 Å². The largest absolute Gasteiger partial charge is 0.427 e. The van der Waals surface area contributed by atoms with Gasteiger partial charge in [-0.1, -0.05) is 18.2 Å². The fraction of sp³-hybridized carbons (Fsp3) is 0.333. The maximum Gasteiger partial charge on any atom is 0.308 e. The van der Waals surface area contributed by atoms with Crippen molar-refractivity contribution in [3.05, 3.63) is 59.7 Å². The molecule has 3 amide bonds. The Bertz CT molecular complexity index is 1050. The summed E-state index contributed by atoms with van der Waals surface area (Å²) in [6.45, 7) is 3.04. The van der Waals surface area contributed by atoms with Gasteiger partial charge in [-0.25, -0.2) is 4.90 Å². The average molecular weight is 454 g/mol. The summed E-state index contributed by atoms with van der Waals surface area (Å²) in [6.07, 6.45) is -0.958. The molecule has 1 atom stereocenters. The van der Waals surface area contributed by atoms with Crippen molar-refractivity contribution in [2.24, 2.45) is 0 Å². The van der Waals surface area contributed by atoms with Gasteiger partial charge in [-0.2, -0.15) is 0 Å². The van der Waals surface area contributed by atoms with E-state index in [1.54, 1.807) is 25.1 Å². The number of anilines is 1. The molecule has 2 aromatic rings. The number of ether oxygens (including phenoxy) is 3. The van der Waals surface area contributed by atoms with E-state index in [4.69, 9.17) is 14.2 Å². The third-order valence-electron chi connectivity index (χ3n) is 5.36. The lowest BCUT2D eigenvalue weighted by Gasteiger charge is -2.30. The summed E-state index contributed by atoms with van der Waals surface area (Å²) >= 11 is 0. The van der Waals surface area contributed by atoms with E-state index in [9.17, 15) is 19.2 Å². The number of benzene rings is 2. The van der Waals surface area contributed by atoms with Crippen molar-refractivity contribution in [2.45, 2.75) is 32.6 Å². The first kappa shape index (κ1) is 24.1. The van der Waals surface area contributed by atoms with Crippen LogP contribution in [-0.4, -0.2) is 61.7 Å². The van der Waals surface area contributed by atoms with Crippen LogP contribution in [0.3, 0.4) is 0 Å². The lowest BCUT2D eigenvalue weighted by molar-refractivity contribution is -0.132. The van der Waals surface area contributed by atoms with E-state index in [1.165, 1.54) is 50.3 Å². The summed E-state index contributed by atoms with van der Waals surface area (Å²) in [6, 6.07) is 12.0. The van der Waals surface area contributed by atoms with Gasteiger partial charge in [0.2, 0.25) is 5.91 Å². The third kappa shape index (κ3) is 5.27. The van der Waals surface area contributed by atoms with Crippen molar-refractivity contribution in [3.8, 4) is 5.75 Å². The van der Waals surface area contributed by atoms with Crippen molar-refractivity contribution < 1.29 is 33.4 Å². The zero-order valence-corrected chi connectivity index (χ0v) is 18.9. The number of carbonyl (C=O) groups is 4. The second-order valence-corrected chi connectivity index (χ2v) is 7.55. The molecule has 1 aliphatic rings. The molecule has 2 aromatic carbocycles. The molecule has 1 fully saturated rings. The second kappa shape index (κ2) is 10.4. The van der Waals surface area contributed by atoms with Gasteiger partial charge in [-0.15, -0.1) is 0 Å². The molecule has 9 nitrogen and oxygen atoms in total. The zero-order chi connectivity index (χ0) is 24.1. The topological polar surface area (TPSA) is 102 Å². The average Bonchev–Trinajstić information content (AvgIpc) is 3.08. The highest BCUT2D eigenvalue weighted by atomic mass is 16.7. The Morgan fingerprint density at radius 2 is 1.70 bits per heavy atom. The quantitative estimate of drug-likeness (QED) is 0.261. The highest BCUT2D eigenvalue weighted by Crippen LogP contribution is 2.29. The monoisotopic (exact) mass is 454 g/mol. The summed E-state index contributed by atoms with van der Waals surface area (Å²) in [7, 11) is 2.87. The van der Waals surface area contributed by atoms with E-state index in [0.717, 1.165) is 10.5 Å². The summed E-state index contributed by atoms with van der Waals surface area (Å²) in [5.74, 6) is -1.56. The molecule has 0 saturated carbocycles. The third-order valence-corrected chi connectivity index (χ3v) is 5.36. The van der Waals surface area contributed by atoms with Crippen LogP contribution in [0.4, 0.5) is 5.69 Å². The molecule has 3 rings (SSSR count). The Morgan fingerprint density at radius 3 is 2.27 bits per heavy atom. The predicted molar refractivity (Wildman–Crippen MR) is 119 cm³/mol. The van der Waals surface area contributed by atoms with Gasteiger partial charge in [0.25, 0.3) is 11.8 Å². The molecule has 1 saturated heterocycles. The molecule has 0 aliphatic carbocycles. The van der Waals surface area contributed by atoms with E-state index in [-0.39, 0.29) is 13.0 Å². The number of esters is 1. The van der Waals surface area contributed by atoms with Gasteiger partial charge >= 0.3 is 5.97 Å². The van der Waals surface area contributed by atoms with Crippen molar-refractivity contribution in [3.63, 3.8) is 0 Å². The van der Waals surface area contributed by atoms with Crippen LogP contribution in [0.15, 0.2) is 48.5 Å². The summed E-state index contributed by atoms with van der Waals surface area (Å²) in [5, 5.41) is 0. The van der Waals surface area contributed by atoms with Gasteiger partial charge in [0.15, 0.2) is 6.29 Å². The van der Waals surface area contributed by atoms with E-state index < -0.39 is 36.0 Å². The van der Waals surface area contributed by atoms with Crippen molar-refractivity contribution in [1.82, 2.24) is 4.90 Å². The number of methoxy groups -OCH3 is 2. The number of hydrogen-bond acceptors (Lipinski definition) is 7. The van der Waals surface area contributed by atoms with Crippen LogP contribution < -0.4 is 9.64 Å². The number of nitrogens with zero attached hydrogens (tertiary/aromatic N) is 2. The first-order chi connectivity index (χ1) is 15.8. The van der Waals surface area contributed by atoms with Gasteiger partial charge in [0.1, 0.15) is 11.8 Å². The van der Waals surface area contributed by atoms with Gasteiger partial charge < -0.3 is 19.1 Å². The maximum atomic E-state index is 13.4. The van der Waals surface area contributed by atoms with E-state index in [2.05, 4.69) is 0 Å². The van der Waals surface area contributed by atoms with Gasteiger partial charge in [0, 0.05) is 26.7 Å². The molecular weight excluding hydrogens is 428 g/mol. The molecule has 1 heterocycles. The summed E-state index contributed by atoms with van der Waals surface area (Å²) in [5.41, 5.74) is 1.49. The molecule has 0 radical (unpaired) electrons. The van der Waals surface area contributed by atoms with Crippen LogP contribution in [0.5, 0.6) is 5.75 Å². The van der Waals surface area contributed by atoms with E-state index in [1.807, 2.05) is 6.07 Å². The molecule has 0 aromatic heterocycles. The number of imide groups is 1. The highest BCUT2D eigenvalue weighted by Gasteiger charge is 2.45. The SMILES string of the molecule is COC(CN(C(=O)c1ccccc1C)C1CC(=O)N(c2ccc(OC(C)=O)cc2)C1=O)OC. The van der Waals surface area contributed by atoms with Crippen LogP contribution in [0.2, 0.25) is 0 Å². The Labute approximate surface area is 191 Å². The molecular formula is C24H26N2O7. The van der Waals surface area contributed by atoms with Crippen molar-refractivity contribution in [1.29, 1.82) is 0 Å². The fourth-order valence-corrected chi connectivity index (χ4v) is 3.69. The minimum Gasteiger partial charge on any atom is -0.427 e. The minimum atomic E-state index is -1.02. The van der Waals surface area contributed by atoms with Crippen molar-refractivity contribution in [2.75, 3.05) is 25.7 Å². The molecule has 0 bridgehead atoms. The number of carbonyl (C=O) groups excluding carboxylic acids is 4. The minimum absolute atomic E-state index is 0.0386. The second-order valence-electron chi connectivity index (χ2n) is 7.55. The predicted octanol–water partition coefficient (Wildman–Crippen LogP) is 2.31. The molecule has 0 N–H and O–H groups in total.